The summed E-state index contributed by atoms with van der Waals surface area (Å²) in [6.07, 6.45) is 9.96. The second kappa shape index (κ2) is 6.01. The third-order valence-corrected chi connectivity index (χ3v) is 2.57. The van der Waals surface area contributed by atoms with E-state index in [1.807, 2.05) is 0 Å². The summed E-state index contributed by atoms with van der Waals surface area (Å²) in [4.78, 5) is 11.3. The highest BCUT2D eigenvalue weighted by molar-refractivity contribution is 5.84. The Labute approximate surface area is 81.1 Å². The van der Waals surface area contributed by atoms with Crippen molar-refractivity contribution >= 4 is 5.91 Å². The minimum Gasteiger partial charge on any atom is -0.353 e. The van der Waals surface area contributed by atoms with Crippen LogP contribution in [-0.4, -0.2) is 11.9 Å². The third kappa shape index (κ3) is 4.30. The van der Waals surface area contributed by atoms with Crippen LogP contribution in [0, 0.1) is 6.42 Å². The van der Waals surface area contributed by atoms with Crippen molar-refractivity contribution < 1.29 is 4.79 Å². The van der Waals surface area contributed by atoms with Gasteiger partial charge in [0.15, 0.2) is 0 Å². The van der Waals surface area contributed by atoms with Crippen molar-refractivity contribution in [1.82, 2.24) is 5.32 Å². The largest absolute Gasteiger partial charge is 0.353 e. The summed E-state index contributed by atoms with van der Waals surface area (Å²) in [5, 5.41) is 3.06. The fraction of sp³-hybridized carbons (Fsp3) is 0.818. The third-order valence-electron chi connectivity index (χ3n) is 2.57. The molecule has 0 aromatic heterocycles. The summed E-state index contributed by atoms with van der Waals surface area (Å²) >= 11 is 0. The fourth-order valence-corrected chi connectivity index (χ4v) is 1.78. The summed E-state index contributed by atoms with van der Waals surface area (Å²) < 4.78 is 0. The Hall–Kier alpha value is -0.530. The van der Waals surface area contributed by atoms with Gasteiger partial charge in [-0.05, 0) is 19.3 Å². The van der Waals surface area contributed by atoms with E-state index in [9.17, 15) is 4.79 Å². The molecule has 13 heavy (non-hydrogen) atoms. The minimum atomic E-state index is 0.133. The van der Waals surface area contributed by atoms with Crippen LogP contribution in [0.25, 0.3) is 0 Å². The van der Waals surface area contributed by atoms with Gasteiger partial charge in [-0.25, -0.2) is 0 Å². The van der Waals surface area contributed by atoms with Crippen LogP contribution < -0.4 is 5.32 Å². The number of hydrogen-bond donors (Lipinski definition) is 1. The molecule has 1 fully saturated rings. The molecule has 0 aromatic rings. The first-order valence-electron chi connectivity index (χ1n) is 5.46. The molecule has 0 spiro atoms. The molecule has 0 saturated heterocycles. The van der Waals surface area contributed by atoms with E-state index in [-0.39, 0.29) is 5.91 Å². The average Bonchev–Trinajstić information content (AvgIpc) is 2.16. The molecule has 2 nitrogen and oxygen atoms in total. The topological polar surface area (TPSA) is 29.1 Å². The molecule has 1 saturated carbocycles. The maximum Gasteiger partial charge on any atom is 0.224 e. The van der Waals surface area contributed by atoms with E-state index in [0.717, 1.165) is 12.8 Å². The summed E-state index contributed by atoms with van der Waals surface area (Å²) in [5.41, 5.74) is 0. The van der Waals surface area contributed by atoms with Gasteiger partial charge in [0.2, 0.25) is 5.91 Å². The molecule has 0 bridgehead atoms. The van der Waals surface area contributed by atoms with Crippen LogP contribution in [0.3, 0.4) is 0 Å². The van der Waals surface area contributed by atoms with Gasteiger partial charge in [-0.1, -0.05) is 32.6 Å². The van der Waals surface area contributed by atoms with E-state index in [0.29, 0.717) is 6.04 Å². The van der Waals surface area contributed by atoms with Gasteiger partial charge in [-0.2, -0.15) is 0 Å². The Morgan fingerprint density at radius 1 is 1.38 bits per heavy atom. The predicted molar refractivity (Wildman–Crippen MR) is 54.2 cm³/mol. The molecular weight excluding hydrogens is 162 g/mol. The van der Waals surface area contributed by atoms with E-state index >= 15 is 0 Å². The van der Waals surface area contributed by atoms with Crippen molar-refractivity contribution in [2.24, 2.45) is 0 Å². The fourth-order valence-electron chi connectivity index (χ4n) is 1.78. The molecule has 0 unspecified atom stereocenters. The Kier molecular flexibility index (Phi) is 4.87. The second-order valence-corrected chi connectivity index (χ2v) is 3.84. The SMILES string of the molecule is CCC[CH]C(=O)NC1CCCCC1. The zero-order valence-corrected chi connectivity index (χ0v) is 8.51. The molecule has 0 aliphatic heterocycles. The van der Waals surface area contributed by atoms with Gasteiger partial charge in [-0.3, -0.25) is 4.79 Å². The molecule has 0 atom stereocenters. The number of carbonyl (C=O) groups excluding carboxylic acids is 1. The lowest BCUT2D eigenvalue weighted by molar-refractivity contribution is -0.118. The van der Waals surface area contributed by atoms with Crippen LogP contribution in [0.1, 0.15) is 51.9 Å². The zero-order valence-electron chi connectivity index (χ0n) is 8.51. The van der Waals surface area contributed by atoms with Crippen molar-refractivity contribution in [3.05, 3.63) is 6.42 Å². The first-order chi connectivity index (χ1) is 6.33. The molecule has 2 heteroatoms. The van der Waals surface area contributed by atoms with Crippen molar-refractivity contribution in [3.8, 4) is 0 Å². The number of rotatable bonds is 4. The van der Waals surface area contributed by atoms with E-state index in [4.69, 9.17) is 0 Å². The molecule has 0 heterocycles. The molecule has 0 aromatic carbocycles. The number of nitrogens with one attached hydrogen (secondary N) is 1. The standard InChI is InChI=1S/C11H20NO/c1-2-3-9-11(13)12-10-7-5-4-6-8-10/h9-10H,2-8H2,1H3,(H,12,13). The van der Waals surface area contributed by atoms with Crippen LogP contribution in [0.4, 0.5) is 0 Å². The molecule has 1 aliphatic rings. The van der Waals surface area contributed by atoms with Crippen molar-refractivity contribution in [2.75, 3.05) is 0 Å². The lowest BCUT2D eigenvalue weighted by Gasteiger charge is -2.22. The number of unbranched alkanes of at least 4 members (excludes halogenated alkanes) is 1. The lowest BCUT2D eigenvalue weighted by Crippen LogP contribution is -2.36. The lowest BCUT2D eigenvalue weighted by atomic mass is 9.95. The Bertz CT molecular complexity index is 150. The van der Waals surface area contributed by atoms with E-state index in [1.165, 1.54) is 32.1 Å². The van der Waals surface area contributed by atoms with Crippen LogP contribution in [0.2, 0.25) is 0 Å². The number of carbonyl (C=O) groups is 1. The summed E-state index contributed by atoms with van der Waals surface area (Å²) in [5.74, 6) is 0.133. The molecular formula is C11H20NO. The monoisotopic (exact) mass is 182 g/mol. The quantitative estimate of drug-likeness (QED) is 0.711. The zero-order chi connectivity index (χ0) is 9.52. The normalized spacial score (nSPS) is 18.5. The van der Waals surface area contributed by atoms with Gasteiger partial charge >= 0.3 is 0 Å². The Morgan fingerprint density at radius 3 is 2.69 bits per heavy atom. The highest BCUT2D eigenvalue weighted by Crippen LogP contribution is 2.17. The molecule has 1 radical (unpaired) electrons. The van der Waals surface area contributed by atoms with Crippen LogP contribution >= 0.6 is 0 Å². The van der Waals surface area contributed by atoms with Gasteiger partial charge in [0, 0.05) is 12.5 Å². The predicted octanol–water partition coefficient (Wildman–Crippen LogP) is 2.44. The molecule has 1 amide bonds. The molecule has 1 N–H and O–H groups in total. The number of hydrogen-bond acceptors (Lipinski definition) is 1. The maximum atomic E-state index is 11.3. The first-order valence-corrected chi connectivity index (χ1v) is 5.46. The number of amides is 1. The van der Waals surface area contributed by atoms with Crippen molar-refractivity contribution in [2.45, 2.75) is 57.9 Å². The minimum absolute atomic E-state index is 0.133. The van der Waals surface area contributed by atoms with Crippen molar-refractivity contribution in [3.63, 3.8) is 0 Å². The van der Waals surface area contributed by atoms with Crippen LogP contribution in [-0.2, 0) is 4.79 Å². The van der Waals surface area contributed by atoms with Crippen LogP contribution in [0.15, 0.2) is 0 Å². The highest BCUT2D eigenvalue weighted by atomic mass is 16.1. The van der Waals surface area contributed by atoms with Gasteiger partial charge in [0.05, 0.1) is 0 Å². The van der Waals surface area contributed by atoms with Gasteiger partial charge in [0.25, 0.3) is 0 Å². The van der Waals surface area contributed by atoms with Crippen molar-refractivity contribution in [1.29, 1.82) is 0 Å². The summed E-state index contributed by atoms with van der Waals surface area (Å²) in [6, 6.07) is 0.453. The van der Waals surface area contributed by atoms with E-state index in [1.54, 1.807) is 6.42 Å². The average molecular weight is 182 g/mol. The van der Waals surface area contributed by atoms with E-state index < -0.39 is 0 Å². The molecule has 1 rings (SSSR count). The van der Waals surface area contributed by atoms with Gasteiger partial charge in [-0.15, -0.1) is 0 Å². The second-order valence-electron chi connectivity index (χ2n) is 3.84. The smallest absolute Gasteiger partial charge is 0.224 e. The summed E-state index contributed by atoms with van der Waals surface area (Å²) in [6.45, 7) is 2.09. The highest BCUT2D eigenvalue weighted by Gasteiger charge is 2.14. The Balaban J connectivity index is 2.11. The van der Waals surface area contributed by atoms with Gasteiger partial charge < -0.3 is 5.32 Å². The first kappa shape index (κ1) is 10.6. The Morgan fingerprint density at radius 2 is 2.08 bits per heavy atom. The molecule has 75 valence electrons. The van der Waals surface area contributed by atoms with Crippen LogP contribution in [0.5, 0.6) is 0 Å². The molecule has 1 aliphatic carbocycles. The van der Waals surface area contributed by atoms with Gasteiger partial charge in [0.1, 0.15) is 0 Å². The van der Waals surface area contributed by atoms with E-state index in [2.05, 4.69) is 12.2 Å². The maximum absolute atomic E-state index is 11.3. The summed E-state index contributed by atoms with van der Waals surface area (Å²) in [7, 11) is 0.